The van der Waals surface area contributed by atoms with Gasteiger partial charge in [-0.15, -0.1) is 0 Å². The monoisotopic (exact) mass is 381 g/mol. The molecule has 0 radical (unpaired) electrons. The average Bonchev–Trinajstić information content (AvgIpc) is 3.07. The molecule has 3 aromatic rings. The van der Waals surface area contributed by atoms with Crippen molar-refractivity contribution in [2.75, 3.05) is 24.3 Å². The molecular formula is C19H23N7O2. The number of hydrogen-bond acceptors (Lipinski definition) is 8. The number of fused-ring (bicyclic) bond motifs is 1. The summed E-state index contributed by atoms with van der Waals surface area (Å²) in [5.41, 5.74) is 7.80. The maximum atomic E-state index is 12.0. The van der Waals surface area contributed by atoms with Crippen molar-refractivity contribution in [1.29, 1.82) is 0 Å². The first kappa shape index (κ1) is 18.1. The van der Waals surface area contributed by atoms with E-state index >= 15 is 0 Å². The molecule has 2 atom stereocenters. The molecule has 4 heterocycles. The number of hydrogen-bond donors (Lipinski definition) is 1. The molecule has 1 fully saturated rings. The van der Waals surface area contributed by atoms with Gasteiger partial charge in [-0.25, -0.2) is 4.98 Å². The average molecular weight is 381 g/mol. The highest BCUT2D eigenvalue weighted by atomic mass is 16.5. The zero-order valence-corrected chi connectivity index (χ0v) is 16.2. The summed E-state index contributed by atoms with van der Waals surface area (Å²) in [6.45, 7) is 4.52. The van der Waals surface area contributed by atoms with Gasteiger partial charge >= 0.3 is 5.97 Å². The number of piperidine rings is 1. The van der Waals surface area contributed by atoms with Gasteiger partial charge in [0, 0.05) is 24.3 Å². The van der Waals surface area contributed by atoms with Crippen LogP contribution in [0.25, 0.3) is 16.9 Å². The van der Waals surface area contributed by atoms with Crippen molar-refractivity contribution in [2.24, 2.45) is 5.92 Å². The van der Waals surface area contributed by atoms with Gasteiger partial charge in [0.05, 0.1) is 24.7 Å². The molecule has 0 aromatic carbocycles. The predicted octanol–water partition coefficient (Wildman–Crippen LogP) is 1.85. The molecule has 28 heavy (non-hydrogen) atoms. The first-order valence-electron chi connectivity index (χ1n) is 9.26. The van der Waals surface area contributed by atoms with E-state index in [-0.39, 0.29) is 23.9 Å². The smallest absolute Gasteiger partial charge is 0.310 e. The minimum Gasteiger partial charge on any atom is -0.469 e. The van der Waals surface area contributed by atoms with Crippen LogP contribution in [0.4, 0.5) is 11.9 Å². The van der Waals surface area contributed by atoms with Crippen molar-refractivity contribution >= 4 is 23.4 Å². The van der Waals surface area contributed by atoms with Gasteiger partial charge in [-0.3, -0.25) is 4.79 Å². The van der Waals surface area contributed by atoms with Gasteiger partial charge in [-0.2, -0.15) is 15.0 Å². The molecular weight excluding hydrogens is 358 g/mol. The summed E-state index contributed by atoms with van der Waals surface area (Å²) in [7, 11) is 1.41. The van der Waals surface area contributed by atoms with Gasteiger partial charge in [0.15, 0.2) is 5.82 Å². The molecule has 9 heteroatoms. The van der Waals surface area contributed by atoms with E-state index in [2.05, 4.69) is 26.9 Å². The number of carbonyl (C=O) groups is 1. The topological polar surface area (TPSA) is 112 Å². The van der Waals surface area contributed by atoms with Crippen LogP contribution in [0.1, 0.15) is 25.6 Å². The second-order valence-corrected chi connectivity index (χ2v) is 7.13. The van der Waals surface area contributed by atoms with Gasteiger partial charge < -0.3 is 19.8 Å². The maximum Gasteiger partial charge on any atom is 0.310 e. The van der Waals surface area contributed by atoms with Crippen molar-refractivity contribution < 1.29 is 9.53 Å². The fraction of sp³-hybridized carbons (Fsp3) is 0.421. The fourth-order valence-corrected chi connectivity index (χ4v) is 3.63. The van der Waals surface area contributed by atoms with Crippen LogP contribution in [0, 0.1) is 12.8 Å². The summed E-state index contributed by atoms with van der Waals surface area (Å²) >= 11 is 0. The summed E-state index contributed by atoms with van der Waals surface area (Å²) in [6, 6.07) is 4.09. The second kappa shape index (κ2) is 7.06. The molecule has 2 unspecified atom stereocenters. The Morgan fingerprint density at radius 3 is 2.86 bits per heavy atom. The third-order valence-corrected chi connectivity index (χ3v) is 5.28. The maximum absolute atomic E-state index is 12.0. The standard InChI is InChI=1S/C19H23N7O2/c1-11-4-5-14(17(27)28-3)10-25(11)19-23-16(22-18(20)24-19)13-6-7-15-8-21-12(2)26(15)9-13/h6-9,11,14H,4-5,10H2,1-3H3,(H2,20,22,23,24). The molecule has 0 spiro atoms. The summed E-state index contributed by atoms with van der Waals surface area (Å²) in [5.74, 6) is 1.59. The molecule has 9 nitrogen and oxygen atoms in total. The molecule has 1 aliphatic heterocycles. The summed E-state index contributed by atoms with van der Waals surface area (Å²) in [4.78, 5) is 31.6. The number of nitrogens with two attached hydrogens (primary N) is 1. The Balaban J connectivity index is 1.71. The molecule has 3 aromatic heterocycles. The van der Waals surface area contributed by atoms with E-state index in [4.69, 9.17) is 10.5 Å². The van der Waals surface area contributed by atoms with Crippen molar-refractivity contribution in [3.8, 4) is 11.4 Å². The Hall–Kier alpha value is -3.23. The molecule has 1 saturated heterocycles. The molecule has 4 rings (SSSR count). The Kier molecular flexibility index (Phi) is 4.58. The minimum absolute atomic E-state index is 0.148. The van der Waals surface area contributed by atoms with Crippen LogP contribution in [0.2, 0.25) is 0 Å². The van der Waals surface area contributed by atoms with E-state index in [1.165, 1.54) is 7.11 Å². The lowest BCUT2D eigenvalue weighted by atomic mass is 9.94. The lowest BCUT2D eigenvalue weighted by Gasteiger charge is -2.36. The Morgan fingerprint density at radius 1 is 1.25 bits per heavy atom. The van der Waals surface area contributed by atoms with Crippen molar-refractivity contribution in [3.63, 3.8) is 0 Å². The number of aromatic nitrogens is 5. The third-order valence-electron chi connectivity index (χ3n) is 5.28. The van der Waals surface area contributed by atoms with E-state index in [0.29, 0.717) is 18.3 Å². The lowest BCUT2D eigenvalue weighted by Crippen LogP contribution is -2.45. The van der Waals surface area contributed by atoms with Gasteiger partial charge in [-0.05, 0) is 38.8 Å². The summed E-state index contributed by atoms with van der Waals surface area (Å²) < 4.78 is 6.90. The fourth-order valence-electron chi connectivity index (χ4n) is 3.63. The van der Waals surface area contributed by atoms with Crippen LogP contribution in [0.15, 0.2) is 24.5 Å². The first-order chi connectivity index (χ1) is 13.5. The van der Waals surface area contributed by atoms with Gasteiger partial charge in [0.2, 0.25) is 11.9 Å². The lowest BCUT2D eigenvalue weighted by molar-refractivity contribution is -0.145. The highest BCUT2D eigenvalue weighted by Crippen LogP contribution is 2.28. The second-order valence-electron chi connectivity index (χ2n) is 7.13. The molecule has 0 aliphatic carbocycles. The zero-order valence-electron chi connectivity index (χ0n) is 16.2. The molecule has 1 aliphatic rings. The van der Waals surface area contributed by atoms with Crippen LogP contribution >= 0.6 is 0 Å². The Bertz CT molecular complexity index is 1030. The molecule has 0 saturated carbocycles. The number of methoxy groups -OCH3 is 1. The van der Waals surface area contributed by atoms with Crippen molar-refractivity contribution in [1.82, 2.24) is 24.3 Å². The molecule has 2 N–H and O–H groups in total. The summed E-state index contributed by atoms with van der Waals surface area (Å²) in [5, 5.41) is 0. The van der Waals surface area contributed by atoms with E-state index in [1.807, 2.05) is 40.8 Å². The largest absolute Gasteiger partial charge is 0.469 e. The van der Waals surface area contributed by atoms with Crippen LogP contribution in [-0.2, 0) is 9.53 Å². The van der Waals surface area contributed by atoms with Gasteiger partial charge in [0.1, 0.15) is 5.82 Å². The number of anilines is 2. The highest BCUT2D eigenvalue weighted by molar-refractivity contribution is 5.73. The van der Waals surface area contributed by atoms with Gasteiger partial charge in [-0.1, -0.05) is 0 Å². The van der Waals surface area contributed by atoms with E-state index in [0.717, 1.165) is 29.7 Å². The zero-order chi connectivity index (χ0) is 19.8. The number of imidazole rings is 1. The third kappa shape index (κ3) is 3.23. The van der Waals surface area contributed by atoms with Crippen LogP contribution in [-0.4, -0.2) is 50.0 Å². The number of carbonyl (C=O) groups excluding carboxylic acids is 1. The predicted molar refractivity (Wildman–Crippen MR) is 105 cm³/mol. The van der Waals surface area contributed by atoms with Crippen molar-refractivity contribution in [2.45, 2.75) is 32.7 Å². The van der Waals surface area contributed by atoms with Gasteiger partial charge in [0.25, 0.3) is 0 Å². The highest BCUT2D eigenvalue weighted by Gasteiger charge is 2.32. The summed E-state index contributed by atoms with van der Waals surface area (Å²) in [6.07, 6.45) is 5.39. The molecule has 0 amide bonds. The number of ether oxygens (including phenoxy) is 1. The number of rotatable bonds is 3. The van der Waals surface area contributed by atoms with Crippen LogP contribution < -0.4 is 10.6 Å². The first-order valence-corrected chi connectivity index (χ1v) is 9.26. The van der Waals surface area contributed by atoms with Crippen LogP contribution in [0.5, 0.6) is 0 Å². The number of aryl methyl sites for hydroxylation is 1. The molecule has 0 bridgehead atoms. The number of nitrogens with zero attached hydrogens (tertiary/aromatic N) is 6. The normalized spacial score (nSPS) is 19.8. The minimum atomic E-state index is -0.208. The van der Waals surface area contributed by atoms with Crippen LogP contribution in [0.3, 0.4) is 0 Å². The SMILES string of the molecule is COC(=O)C1CCC(C)N(c2nc(N)nc(-c3ccc4cnc(C)n4c3)n2)C1. The number of nitrogen functional groups attached to an aromatic ring is 1. The quantitative estimate of drug-likeness (QED) is 0.684. The number of pyridine rings is 1. The molecule has 146 valence electrons. The van der Waals surface area contributed by atoms with E-state index in [1.54, 1.807) is 0 Å². The van der Waals surface area contributed by atoms with E-state index < -0.39 is 0 Å². The van der Waals surface area contributed by atoms with Crippen molar-refractivity contribution in [3.05, 3.63) is 30.4 Å². The Labute approximate surface area is 162 Å². The van der Waals surface area contributed by atoms with E-state index in [9.17, 15) is 4.79 Å². The number of esters is 1. The Morgan fingerprint density at radius 2 is 2.07 bits per heavy atom.